The summed E-state index contributed by atoms with van der Waals surface area (Å²) in [7, 11) is 1.38. The fourth-order valence-electron chi connectivity index (χ4n) is 1.88. The van der Waals surface area contributed by atoms with Crippen LogP contribution >= 0.6 is 0 Å². The van der Waals surface area contributed by atoms with E-state index in [-0.39, 0.29) is 12.4 Å². The summed E-state index contributed by atoms with van der Waals surface area (Å²) >= 11 is 0. The van der Waals surface area contributed by atoms with Crippen molar-refractivity contribution in [2.45, 2.75) is 6.61 Å². The lowest BCUT2D eigenvalue weighted by Crippen LogP contribution is -2.00. The van der Waals surface area contributed by atoms with Gasteiger partial charge < -0.3 is 9.47 Å². The molecule has 0 aromatic heterocycles. The van der Waals surface area contributed by atoms with Gasteiger partial charge in [-0.2, -0.15) is 5.26 Å². The molecule has 0 aliphatic rings. The topological polar surface area (TPSA) is 59.3 Å². The van der Waals surface area contributed by atoms with E-state index in [1.807, 2.05) is 6.07 Å². The number of methoxy groups -OCH3 is 1. The van der Waals surface area contributed by atoms with Crippen molar-refractivity contribution in [1.82, 2.24) is 0 Å². The van der Waals surface area contributed by atoms with Crippen LogP contribution in [0.4, 0.5) is 4.39 Å². The molecule has 0 heterocycles. The highest BCUT2D eigenvalue weighted by Gasteiger charge is 2.03. The van der Waals surface area contributed by atoms with Crippen LogP contribution in [0.3, 0.4) is 0 Å². The minimum Gasteiger partial charge on any atom is -0.494 e. The lowest BCUT2D eigenvalue weighted by atomic mass is 10.1. The van der Waals surface area contributed by atoms with E-state index >= 15 is 0 Å². The Kier molecular flexibility index (Phi) is 5.48. The van der Waals surface area contributed by atoms with Crippen molar-refractivity contribution >= 4 is 12.0 Å². The van der Waals surface area contributed by atoms with Crippen LogP contribution in [0.1, 0.15) is 16.7 Å². The summed E-state index contributed by atoms with van der Waals surface area (Å²) in [4.78, 5) is 11.7. The van der Waals surface area contributed by atoms with Gasteiger partial charge in [0.1, 0.15) is 6.61 Å². The highest BCUT2D eigenvalue weighted by Crippen LogP contribution is 2.18. The van der Waals surface area contributed by atoms with Crippen molar-refractivity contribution < 1.29 is 18.7 Å². The number of halogens is 1. The van der Waals surface area contributed by atoms with Gasteiger partial charge in [-0.05, 0) is 41.5 Å². The second kappa shape index (κ2) is 7.76. The van der Waals surface area contributed by atoms with E-state index in [0.717, 1.165) is 5.56 Å². The Balaban J connectivity index is 1.94. The molecule has 0 radical (unpaired) electrons. The predicted molar refractivity (Wildman–Crippen MR) is 82.9 cm³/mol. The molecule has 0 aliphatic heterocycles. The molecule has 116 valence electrons. The van der Waals surface area contributed by atoms with Gasteiger partial charge >= 0.3 is 5.97 Å². The molecular weight excluding hydrogens is 297 g/mol. The fourth-order valence-corrected chi connectivity index (χ4v) is 1.88. The van der Waals surface area contributed by atoms with Crippen LogP contribution in [0.15, 0.2) is 48.5 Å². The Morgan fingerprint density at radius 1 is 1.30 bits per heavy atom. The first-order valence-electron chi connectivity index (χ1n) is 6.80. The molecule has 2 aromatic rings. The van der Waals surface area contributed by atoms with Crippen LogP contribution in [0, 0.1) is 17.1 Å². The number of carbonyl (C=O) groups excluding carboxylic acids is 1. The third kappa shape index (κ3) is 4.68. The molecular formula is C18H14FNO3. The zero-order valence-electron chi connectivity index (χ0n) is 12.5. The van der Waals surface area contributed by atoms with E-state index in [9.17, 15) is 9.18 Å². The molecule has 0 aliphatic carbocycles. The van der Waals surface area contributed by atoms with E-state index in [0.29, 0.717) is 11.1 Å². The Labute approximate surface area is 133 Å². The maximum Gasteiger partial charge on any atom is 0.331 e. The Morgan fingerprint density at radius 3 is 2.83 bits per heavy atom. The summed E-state index contributed by atoms with van der Waals surface area (Å²) < 4.78 is 23.4. The Morgan fingerprint density at radius 2 is 2.13 bits per heavy atom. The fraction of sp³-hybridized carbons (Fsp3) is 0.111. The predicted octanol–water partition coefficient (Wildman–Crippen LogP) is 3.46. The average molecular weight is 311 g/mol. The van der Waals surface area contributed by atoms with Crippen LogP contribution in [0.2, 0.25) is 0 Å². The van der Waals surface area contributed by atoms with Gasteiger partial charge in [-0.25, -0.2) is 9.18 Å². The maximum absolute atomic E-state index is 13.5. The van der Waals surface area contributed by atoms with Gasteiger partial charge in [-0.1, -0.05) is 18.2 Å². The number of rotatable bonds is 5. The van der Waals surface area contributed by atoms with Crippen LogP contribution in [0.5, 0.6) is 5.75 Å². The van der Waals surface area contributed by atoms with Gasteiger partial charge in [-0.3, -0.25) is 0 Å². The zero-order valence-corrected chi connectivity index (χ0v) is 12.5. The SMILES string of the molecule is COc1ccc(/C=C/C(=O)OCc2cccc(C#N)c2)cc1F. The number of ether oxygens (including phenoxy) is 2. The number of nitrogens with zero attached hydrogens (tertiary/aromatic N) is 1. The first kappa shape index (κ1) is 16.2. The normalized spacial score (nSPS) is 10.3. The highest BCUT2D eigenvalue weighted by atomic mass is 19.1. The highest BCUT2D eigenvalue weighted by molar-refractivity contribution is 5.87. The van der Waals surface area contributed by atoms with Crippen molar-refractivity contribution in [3.8, 4) is 11.8 Å². The van der Waals surface area contributed by atoms with E-state index in [2.05, 4.69) is 0 Å². The molecule has 4 nitrogen and oxygen atoms in total. The van der Waals surface area contributed by atoms with Crippen molar-refractivity contribution in [1.29, 1.82) is 5.26 Å². The van der Waals surface area contributed by atoms with Gasteiger partial charge in [-0.15, -0.1) is 0 Å². The monoisotopic (exact) mass is 311 g/mol. The molecule has 0 amide bonds. The Bertz CT molecular complexity index is 778. The van der Waals surface area contributed by atoms with Crippen LogP contribution in [-0.4, -0.2) is 13.1 Å². The van der Waals surface area contributed by atoms with E-state index in [1.54, 1.807) is 30.3 Å². The van der Waals surface area contributed by atoms with Gasteiger partial charge in [0, 0.05) is 6.08 Å². The van der Waals surface area contributed by atoms with Crippen LogP contribution < -0.4 is 4.74 Å². The smallest absolute Gasteiger partial charge is 0.331 e. The third-order valence-electron chi connectivity index (χ3n) is 3.02. The summed E-state index contributed by atoms with van der Waals surface area (Å²) in [5, 5.41) is 8.80. The molecule has 0 saturated heterocycles. The largest absolute Gasteiger partial charge is 0.494 e. The van der Waals surface area contributed by atoms with Crippen LogP contribution in [0.25, 0.3) is 6.08 Å². The second-order valence-electron chi connectivity index (χ2n) is 4.65. The average Bonchev–Trinajstić information content (AvgIpc) is 2.58. The molecule has 0 saturated carbocycles. The molecule has 2 aromatic carbocycles. The van der Waals surface area contributed by atoms with Crippen molar-refractivity contribution in [3.63, 3.8) is 0 Å². The van der Waals surface area contributed by atoms with Crippen molar-refractivity contribution in [2.75, 3.05) is 7.11 Å². The summed E-state index contributed by atoms with van der Waals surface area (Å²) in [5.74, 6) is -0.915. The number of hydrogen-bond acceptors (Lipinski definition) is 4. The molecule has 5 heteroatoms. The molecule has 0 unspecified atom stereocenters. The molecule has 0 spiro atoms. The molecule has 2 rings (SSSR count). The number of hydrogen-bond donors (Lipinski definition) is 0. The number of benzene rings is 2. The molecule has 23 heavy (non-hydrogen) atoms. The first-order valence-corrected chi connectivity index (χ1v) is 6.80. The van der Waals surface area contributed by atoms with E-state index < -0.39 is 11.8 Å². The summed E-state index contributed by atoms with van der Waals surface area (Å²) in [5.41, 5.74) is 1.75. The molecule has 0 fully saturated rings. The minimum atomic E-state index is -0.552. The molecule has 0 atom stereocenters. The lowest BCUT2D eigenvalue weighted by molar-refractivity contribution is -0.138. The number of carbonyl (C=O) groups is 1. The van der Waals surface area contributed by atoms with E-state index in [1.165, 1.54) is 31.4 Å². The second-order valence-corrected chi connectivity index (χ2v) is 4.65. The van der Waals surface area contributed by atoms with Crippen molar-refractivity contribution in [2.24, 2.45) is 0 Å². The van der Waals surface area contributed by atoms with Gasteiger partial charge in [0.2, 0.25) is 0 Å². The van der Waals surface area contributed by atoms with Crippen LogP contribution in [-0.2, 0) is 16.1 Å². The van der Waals surface area contributed by atoms with Crippen molar-refractivity contribution in [3.05, 3.63) is 71.0 Å². The maximum atomic E-state index is 13.5. The Hall–Kier alpha value is -3.13. The molecule has 0 bridgehead atoms. The van der Waals surface area contributed by atoms with Gasteiger partial charge in [0.05, 0.1) is 18.7 Å². The van der Waals surface area contributed by atoms with E-state index in [4.69, 9.17) is 14.7 Å². The minimum absolute atomic E-state index is 0.0651. The quantitative estimate of drug-likeness (QED) is 0.627. The molecule has 0 N–H and O–H groups in total. The third-order valence-corrected chi connectivity index (χ3v) is 3.02. The standard InChI is InChI=1S/C18H14FNO3/c1-22-17-7-5-13(10-16(17)19)6-8-18(21)23-12-15-4-2-3-14(9-15)11-20/h2-10H,12H2,1H3/b8-6+. The number of esters is 1. The summed E-state index contributed by atoms with van der Waals surface area (Å²) in [6.45, 7) is 0.0651. The summed E-state index contributed by atoms with van der Waals surface area (Å²) in [6, 6.07) is 13.2. The van der Waals surface area contributed by atoms with Gasteiger partial charge in [0.25, 0.3) is 0 Å². The van der Waals surface area contributed by atoms with Gasteiger partial charge in [0.15, 0.2) is 11.6 Å². The zero-order chi connectivity index (χ0) is 16.7. The number of nitriles is 1. The first-order chi connectivity index (χ1) is 11.1. The summed E-state index contributed by atoms with van der Waals surface area (Å²) in [6.07, 6.45) is 2.67. The lowest BCUT2D eigenvalue weighted by Gasteiger charge is -2.03.